The standard InChI is InChI=1S/C31H43N3O/c1-9-24-27(25-18-17-23(19-21(25)4)33(10-2)11-3)29(35-8)28(24)26-20-34(22-15-13-12-14-16-22)32-30(26)31(5,6)7/h12-20,24,27-29H,9-11H2,1-8H3. The molecule has 4 unspecified atom stereocenters. The van der Waals surface area contributed by atoms with Gasteiger partial charge < -0.3 is 9.64 Å². The van der Waals surface area contributed by atoms with Crippen molar-refractivity contribution >= 4 is 5.69 Å². The summed E-state index contributed by atoms with van der Waals surface area (Å²) >= 11 is 0. The lowest BCUT2D eigenvalue weighted by Crippen LogP contribution is -2.49. The Labute approximate surface area is 212 Å². The van der Waals surface area contributed by atoms with Gasteiger partial charge in [0.05, 0.1) is 17.5 Å². The van der Waals surface area contributed by atoms with Gasteiger partial charge in [-0.3, -0.25) is 0 Å². The molecule has 1 aliphatic carbocycles. The number of nitrogens with zero attached hydrogens (tertiary/aromatic N) is 3. The Hall–Kier alpha value is -2.59. The van der Waals surface area contributed by atoms with Crippen LogP contribution in [-0.4, -0.2) is 36.1 Å². The summed E-state index contributed by atoms with van der Waals surface area (Å²) in [6, 6.07) is 17.5. The van der Waals surface area contributed by atoms with Crippen LogP contribution in [0.5, 0.6) is 0 Å². The Morgan fingerprint density at radius 1 is 0.943 bits per heavy atom. The van der Waals surface area contributed by atoms with E-state index in [2.05, 4.69) is 113 Å². The van der Waals surface area contributed by atoms with E-state index < -0.39 is 0 Å². The van der Waals surface area contributed by atoms with Gasteiger partial charge in [-0.15, -0.1) is 0 Å². The Morgan fingerprint density at radius 3 is 2.14 bits per heavy atom. The van der Waals surface area contributed by atoms with E-state index in [-0.39, 0.29) is 11.5 Å². The number of methoxy groups -OCH3 is 1. The molecule has 0 N–H and O–H groups in total. The molecule has 4 nitrogen and oxygen atoms in total. The number of aromatic nitrogens is 2. The lowest BCUT2D eigenvalue weighted by atomic mass is 9.55. The average Bonchev–Trinajstić information content (AvgIpc) is 3.27. The largest absolute Gasteiger partial charge is 0.380 e. The minimum absolute atomic E-state index is 0.0433. The molecule has 0 saturated heterocycles. The SMILES string of the molecule is CCC1C(c2ccc(N(CC)CC)cc2C)C(OC)C1c1cn(-c2ccccc2)nc1C(C)(C)C. The highest BCUT2D eigenvalue weighted by Crippen LogP contribution is 2.57. The molecule has 1 fully saturated rings. The number of ether oxygens (including phenoxy) is 1. The van der Waals surface area contributed by atoms with Gasteiger partial charge in [0.25, 0.3) is 0 Å². The van der Waals surface area contributed by atoms with Crippen LogP contribution in [0.3, 0.4) is 0 Å². The zero-order chi connectivity index (χ0) is 25.3. The summed E-state index contributed by atoms with van der Waals surface area (Å²) in [4.78, 5) is 2.42. The van der Waals surface area contributed by atoms with Gasteiger partial charge in [0.1, 0.15) is 0 Å². The molecule has 1 aromatic heterocycles. The fraction of sp³-hybridized carbons (Fsp3) is 0.516. The number of hydrogen-bond acceptors (Lipinski definition) is 3. The van der Waals surface area contributed by atoms with Crippen molar-refractivity contribution in [2.75, 3.05) is 25.1 Å². The highest BCUT2D eigenvalue weighted by atomic mass is 16.5. The summed E-state index contributed by atoms with van der Waals surface area (Å²) in [5.41, 5.74) is 7.70. The van der Waals surface area contributed by atoms with Crippen LogP contribution in [0, 0.1) is 12.8 Å². The van der Waals surface area contributed by atoms with Gasteiger partial charge in [0, 0.05) is 54.9 Å². The van der Waals surface area contributed by atoms with E-state index in [1.165, 1.54) is 28.1 Å². The predicted molar refractivity (Wildman–Crippen MR) is 147 cm³/mol. The molecular weight excluding hydrogens is 430 g/mol. The highest BCUT2D eigenvalue weighted by molar-refractivity contribution is 5.53. The van der Waals surface area contributed by atoms with E-state index in [0.29, 0.717) is 17.8 Å². The Balaban J connectivity index is 1.73. The average molecular weight is 474 g/mol. The van der Waals surface area contributed by atoms with Crippen molar-refractivity contribution in [1.82, 2.24) is 9.78 Å². The van der Waals surface area contributed by atoms with E-state index in [0.717, 1.165) is 25.2 Å². The molecule has 0 aliphatic heterocycles. The number of anilines is 1. The van der Waals surface area contributed by atoms with Gasteiger partial charge in [-0.2, -0.15) is 5.10 Å². The molecule has 4 heteroatoms. The topological polar surface area (TPSA) is 30.3 Å². The van der Waals surface area contributed by atoms with Crippen LogP contribution >= 0.6 is 0 Å². The van der Waals surface area contributed by atoms with Gasteiger partial charge in [-0.25, -0.2) is 4.68 Å². The molecular formula is C31H43N3O. The summed E-state index contributed by atoms with van der Waals surface area (Å²) < 4.78 is 8.32. The molecule has 0 bridgehead atoms. The first-order valence-corrected chi connectivity index (χ1v) is 13.3. The number of hydrogen-bond donors (Lipinski definition) is 0. The minimum Gasteiger partial charge on any atom is -0.380 e. The van der Waals surface area contributed by atoms with Gasteiger partial charge >= 0.3 is 0 Å². The second-order valence-electron chi connectivity index (χ2n) is 11.0. The number of para-hydroxylation sites is 1. The first-order chi connectivity index (χ1) is 16.7. The fourth-order valence-electron chi connectivity index (χ4n) is 6.15. The highest BCUT2D eigenvalue weighted by Gasteiger charge is 2.53. The summed E-state index contributed by atoms with van der Waals surface area (Å²) in [7, 11) is 1.88. The van der Waals surface area contributed by atoms with Crippen LogP contribution in [0.1, 0.15) is 82.2 Å². The first kappa shape index (κ1) is 25.5. The zero-order valence-corrected chi connectivity index (χ0v) is 22.9. The van der Waals surface area contributed by atoms with Gasteiger partial charge in [0.15, 0.2) is 0 Å². The molecule has 0 radical (unpaired) electrons. The molecule has 4 rings (SSSR count). The maximum absolute atomic E-state index is 6.26. The molecule has 2 aromatic carbocycles. The lowest BCUT2D eigenvalue weighted by Gasteiger charge is -2.52. The Kier molecular flexibility index (Phi) is 7.42. The van der Waals surface area contributed by atoms with E-state index in [4.69, 9.17) is 9.84 Å². The third-order valence-corrected chi connectivity index (χ3v) is 7.95. The first-order valence-electron chi connectivity index (χ1n) is 13.3. The monoisotopic (exact) mass is 473 g/mol. The van der Waals surface area contributed by atoms with Crippen LogP contribution in [0.2, 0.25) is 0 Å². The van der Waals surface area contributed by atoms with Crippen molar-refractivity contribution in [2.45, 2.75) is 78.2 Å². The normalized spacial score (nSPS) is 22.2. The van der Waals surface area contributed by atoms with Crippen LogP contribution in [0.15, 0.2) is 54.7 Å². The van der Waals surface area contributed by atoms with Crippen LogP contribution < -0.4 is 4.90 Å². The minimum atomic E-state index is -0.0433. The number of rotatable bonds is 8. The van der Waals surface area contributed by atoms with Crippen molar-refractivity contribution in [2.24, 2.45) is 5.92 Å². The summed E-state index contributed by atoms with van der Waals surface area (Å²) in [5, 5.41) is 5.11. The van der Waals surface area contributed by atoms with Crippen LogP contribution in [0.25, 0.3) is 5.69 Å². The van der Waals surface area contributed by atoms with Gasteiger partial charge in [-0.1, -0.05) is 58.4 Å². The van der Waals surface area contributed by atoms with Crippen molar-refractivity contribution in [3.05, 3.63) is 77.1 Å². The maximum Gasteiger partial charge on any atom is 0.0718 e. The molecule has 0 amide bonds. The molecule has 188 valence electrons. The van der Waals surface area contributed by atoms with Crippen molar-refractivity contribution in [3.63, 3.8) is 0 Å². The number of benzene rings is 2. The molecule has 3 aromatic rings. The molecule has 4 atom stereocenters. The summed E-state index contributed by atoms with van der Waals surface area (Å²) in [6.45, 7) is 17.9. The quantitative estimate of drug-likeness (QED) is 0.345. The van der Waals surface area contributed by atoms with E-state index in [1.807, 2.05) is 7.11 Å². The van der Waals surface area contributed by atoms with Crippen molar-refractivity contribution < 1.29 is 4.74 Å². The Morgan fingerprint density at radius 2 is 1.60 bits per heavy atom. The van der Waals surface area contributed by atoms with Crippen molar-refractivity contribution in [3.8, 4) is 5.69 Å². The summed E-state index contributed by atoms with van der Waals surface area (Å²) in [5.74, 6) is 1.25. The third-order valence-electron chi connectivity index (χ3n) is 7.95. The second kappa shape index (κ2) is 10.2. The Bertz CT molecular complexity index is 1110. The van der Waals surface area contributed by atoms with E-state index in [9.17, 15) is 0 Å². The van der Waals surface area contributed by atoms with Crippen molar-refractivity contribution in [1.29, 1.82) is 0 Å². The van der Waals surface area contributed by atoms with Crippen LogP contribution in [-0.2, 0) is 10.2 Å². The number of aryl methyl sites for hydroxylation is 1. The van der Waals surface area contributed by atoms with Gasteiger partial charge in [0.2, 0.25) is 0 Å². The molecule has 1 saturated carbocycles. The molecule has 1 heterocycles. The van der Waals surface area contributed by atoms with Crippen LogP contribution in [0.4, 0.5) is 5.69 Å². The second-order valence-corrected chi connectivity index (χ2v) is 11.0. The lowest BCUT2D eigenvalue weighted by molar-refractivity contribution is -0.0526. The summed E-state index contributed by atoms with van der Waals surface area (Å²) in [6.07, 6.45) is 3.53. The third kappa shape index (κ3) is 4.65. The molecule has 35 heavy (non-hydrogen) atoms. The fourth-order valence-corrected chi connectivity index (χ4v) is 6.15. The van der Waals surface area contributed by atoms with E-state index in [1.54, 1.807) is 0 Å². The van der Waals surface area contributed by atoms with Gasteiger partial charge in [-0.05, 0) is 62.1 Å². The van der Waals surface area contributed by atoms with E-state index >= 15 is 0 Å². The molecule has 0 spiro atoms. The zero-order valence-electron chi connectivity index (χ0n) is 22.9. The predicted octanol–water partition coefficient (Wildman–Crippen LogP) is 7.25. The molecule has 1 aliphatic rings. The smallest absolute Gasteiger partial charge is 0.0718 e. The maximum atomic E-state index is 6.26.